The van der Waals surface area contributed by atoms with E-state index in [0.29, 0.717) is 5.54 Å². The Morgan fingerprint density at radius 3 is 3.06 bits per heavy atom. The molecule has 1 saturated carbocycles. The lowest BCUT2D eigenvalue weighted by Gasteiger charge is -2.41. The van der Waals surface area contributed by atoms with Gasteiger partial charge in [-0.25, -0.2) is 4.98 Å². The molecule has 0 amide bonds. The average molecular weight is 237 g/mol. The Morgan fingerprint density at radius 2 is 2.31 bits per heavy atom. The SMILES string of the molecule is c1csc(CN2CCNC3(CCCC3)C2)n1. The first kappa shape index (κ1) is 10.7. The Bertz CT molecular complexity index is 330. The van der Waals surface area contributed by atoms with Crippen molar-refractivity contribution in [2.45, 2.75) is 37.8 Å². The number of hydrogen-bond donors (Lipinski definition) is 1. The monoisotopic (exact) mass is 237 g/mol. The summed E-state index contributed by atoms with van der Waals surface area (Å²) >= 11 is 1.77. The van der Waals surface area contributed by atoms with Crippen molar-refractivity contribution < 1.29 is 0 Å². The molecule has 0 aromatic carbocycles. The molecule has 1 N–H and O–H groups in total. The molecule has 4 heteroatoms. The molecule has 16 heavy (non-hydrogen) atoms. The number of hydrogen-bond acceptors (Lipinski definition) is 4. The van der Waals surface area contributed by atoms with Gasteiger partial charge in [0.05, 0.1) is 6.54 Å². The molecule has 1 aromatic heterocycles. The molecule has 0 atom stereocenters. The third-order valence-corrected chi connectivity index (χ3v) is 4.62. The Labute approximate surface area is 101 Å². The first-order valence-electron chi connectivity index (χ1n) is 6.22. The first-order valence-corrected chi connectivity index (χ1v) is 7.10. The van der Waals surface area contributed by atoms with Gasteiger partial charge < -0.3 is 5.32 Å². The summed E-state index contributed by atoms with van der Waals surface area (Å²) in [7, 11) is 0. The van der Waals surface area contributed by atoms with Crippen LogP contribution in [0, 0.1) is 0 Å². The summed E-state index contributed by atoms with van der Waals surface area (Å²) in [6.45, 7) is 4.57. The van der Waals surface area contributed by atoms with E-state index in [0.717, 1.165) is 13.1 Å². The van der Waals surface area contributed by atoms with Gasteiger partial charge in [0.1, 0.15) is 5.01 Å². The minimum Gasteiger partial charge on any atom is -0.309 e. The lowest BCUT2D eigenvalue weighted by atomic mass is 9.94. The lowest BCUT2D eigenvalue weighted by Crippen LogP contribution is -2.58. The van der Waals surface area contributed by atoms with Crippen LogP contribution in [0.5, 0.6) is 0 Å². The maximum absolute atomic E-state index is 4.38. The van der Waals surface area contributed by atoms with E-state index in [1.54, 1.807) is 11.3 Å². The van der Waals surface area contributed by atoms with Gasteiger partial charge in [0.2, 0.25) is 0 Å². The van der Waals surface area contributed by atoms with E-state index in [9.17, 15) is 0 Å². The molecule has 1 aliphatic heterocycles. The second-order valence-corrected chi connectivity index (χ2v) is 6.03. The van der Waals surface area contributed by atoms with Crippen molar-refractivity contribution in [3.63, 3.8) is 0 Å². The van der Waals surface area contributed by atoms with Crippen LogP contribution in [0.3, 0.4) is 0 Å². The summed E-state index contributed by atoms with van der Waals surface area (Å²) in [5.74, 6) is 0. The molecule has 1 aromatic rings. The van der Waals surface area contributed by atoms with Crippen LogP contribution in [-0.4, -0.2) is 35.1 Å². The van der Waals surface area contributed by atoms with Gasteiger partial charge in [-0.2, -0.15) is 0 Å². The van der Waals surface area contributed by atoms with Gasteiger partial charge in [0, 0.05) is 36.8 Å². The number of rotatable bonds is 2. The molecular formula is C12H19N3S. The predicted molar refractivity (Wildman–Crippen MR) is 66.6 cm³/mol. The number of nitrogens with one attached hydrogen (secondary N) is 1. The summed E-state index contributed by atoms with van der Waals surface area (Å²) < 4.78 is 0. The van der Waals surface area contributed by atoms with E-state index in [1.165, 1.54) is 43.8 Å². The van der Waals surface area contributed by atoms with Crippen LogP contribution < -0.4 is 5.32 Å². The highest BCUT2D eigenvalue weighted by Crippen LogP contribution is 2.32. The van der Waals surface area contributed by atoms with Crippen molar-refractivity contribution in [2.24, 2.45) is 0 Å². The Balaban J connectivity index is 1.63. The number of piperazine rings is 1. The quantitative estimate of drug-likeness (QED) is 0.851. The van der Waals surface area contributed by atoms with E-state index < -0.39 is 0 Å². The molecule has 88 valence electrons. The zero-order valence-electron chi connectivity index (χ0n) is 9.61. The van der Waals surface area contributed by atoms with Crippen LogP contribution >= 0.6 is 11.3 Å². The van der Waals surface area contributed by atoms with Gasteiger partial charge in [0.25, 0.3) is 0 Å². The van der Waals surface area contributed by atoms with Crippen LogP contribution in [0.1, 0.15) is 30.7 Å². The van der Waals surface area contributed by atoms with Crippen molar-refractivity contribution in [1.82, 2.24) is 15.2 Å². The fourth-order valence-corrected chi connectivity index (χ4v) is 3.74. The third kappa shape index (κ3) is 2.14. The third-order valence-electron chi connectivity index (χ3n) is 3.86. The molecule has 0 unspecified atom stereocenters. The smallest absolute Gasteiger partial charge is 0.107 e. The molecule has 3 nitrogen and oxygen atoms in total. The number of aromatic nitrogens is 1. The summed E-state index contributed by atoms with van der Waals surface area (Å²) in [5.41, 5.74) is 0.440. The normalized spacial score (nSPS) is 25.2. The van der Waals surface area contributed by atoms with Crippen LogP contribution in [0.4, 0.5) is 0 Å². The van der Waals surface area contributed by atoms with E-state index in [2.05, 4.69) is 20.6 Å². The molecule has 2 aliphatic rings. The van der Waals surface area contributed by atoms with Crippen molar-refractivity contribution in [1.29, 1.82) is 0 Å². The summed E-state index contributed by atoms with van der Waals surface area (Å²) in [4.78, 5) is 6.95. The Morgan fingerprint density at radius 1 is 1.44 bits per heavy atom. The van der Waals surface area contributed by atoms with Gasteiger partial charge >= 0.3 is 0 Å². The highest BCUT2D eigenvalue weighted by Gasteiger charge is 2.37. The van der Waals surface area contributed by atoms with Gasteiger partial charge in [-0.05, 0) is 12.8 Å². The molecule has 2 heterocycles. The first-order chi connectivity index (χ1) is 7.86. The van der Waals surface area contributed by atoms with E-state index in [4.69, 9.17) is 0 Å². The largest absolute Gasteiger partial charge is 0.309 e. The van der Waals surface area contributed by atoms with Crippen molar-refractivity contribution in [2.75, 3.05) is 19.6 Å². The Kier molecular flexibility index (Phi) is 2.96. The molecule has 1 aliphatic carbocycles. The van der Waals surface area contributed by atoms with E-state index in [1.807, 2.05) is 6.20 Å². The Hall–Kier alpha value is -0.450. The van der Waals surface area contributed by atoms with Crippen molar-refractivity contribution in [3.8, 4) is 0 Å². The molecule has 1 spiro atoms. The van der Waals surface area contributed by atoms with Crippen LogP contribution in [0.2, 0.25) is 0 Å². The van der Waals surface area contributed by atoms with Crippen molar-refractivity contribution >= 4 is 11.3 Å². The second kappa shape index (κ2) is 4.43. The van der Waals surface area contributed by atoms with Gasteiger partial charge in [-0.1, -0.05) is 12.8 Å². The molecule has 2 fully saturated rings. The van der Waals surface area contributed by atoms with Gasteiger partial charge in [-0.15, -0.1) is 11.3 Å². The van der Waals surface area contributed by atoms with Gasteiger partial charge in [0.15, 0.2) is 0 Å². The zero-order chi connectivity index (χ0) is 10.8. The molecule has 3 rings (SSSR count). The van der Waals surface area contributed by atoms with E-state index >= 15 is 0 Å². The second-order valence-electron chi connectivity index (χ2n) is 5.05. The number of nitrogens with zero attached hydrogens (tertiary/aromatic N) is 2. The van der Waals surface area contributed by atoms with Crippen LogP contribution in [0.15, 0.2) is 11.6 Å². The molecule has 0 radical (unpaired) electrons. The highest BCUT2D eigenvalue weighted by molar-refractivity contribution is 7.09. The predicted octanol–water partition coefficient (Wildman–Crippen LogP) is 1.86. The maximum atomic E-state index is 4.38. The minimum absolute atomic E-state index is 0.440. The minimum atomic E-state index is 0.440. The molecule has 0 bridgehead atoms. The zero-order valence-corrected chi connectivity index (χ0v) is 10.4. The van der Waals surface area contributed by atoms with Gasteiger partial charge in [-0.3, -0.25) is 4.90 Å². The highest BCUT2D eigenvalue weighted by atomic mass is 32.1. The maximum Gasteiger partial charge on any atom is 0.107 e. The lowest BCUT2D eigenvalue weighted by molar-refractivity contribution is 0.128. The fraction of sp³-hybridized carbons (Fsp3) is 0.750. The van der Waals surface area contributed by atoms with Crippen molar-refractivity contribution in [3.05, 3.63) is 16.6 Å². The topological polar surface area (TPSA) is 28.2 Å². The summed E-state index contributed by atoms with van der Waals surface area (Å²) in [5, 5.41) is 7.08. The molecular weight excluding hydrogens is 218 g/mol. The standard InChI is InChI=1S/C12H19N3S/c1-2-4-12(3-1)10-15(7-5-14-12)9-11-13-6-8-16-11/h6,8,14H,1-5,7,9-10H2. The van der Waals surface area contributed by atoms with Crippen LogP contribution in [0.25, 0.3) is 0 Å². The van der Waals surface area contributed by atoms with Crippen LogP contribution in [-0.2, 0) is 6.54 Å². The number of thiazole rings is 1. The summed E-state index contributed by atoms with van der Waals surface area (Å²) in [6, 6.07) is 0. The average Bonchev–Trinajstić information content (AvgIpc) is 2.91. The fourth-order valence-electron chi connectivity index (χ4n) is 3.09. The summed E-state index contributed by atoms with van der Waals surface area (Å²) in [6.07, 6.45) is 7.44. The molecule has 1 saturated heterocycles. The van der Waals surface area contributed by atoms with E-state index in [-0.39, 0.29) is 0 Å².